The minimum atomic E-state index is 0.669. The van der Waals surface area contributed by atoms with E-state index >= 15 is 0 Å². The van der Waals surface area contributed by atoms with Crippen molar-refractivity contribution in [2.75, 3.05) is 6.54 Å². The maximum absolute atomic E-state index is 4.38. The second-order valence-electron chi connectivity index (χ2n) is 3.69. The minimum absolute atomic E-state index is 0.669. The van der Waals surface area contributed by atoms with Crippen LogP contribution in [-0.2, 0) is 13.6 Å². The molecular weight excluding hydrogens is 310 g/mol. The highest BCUT2D eigenvalue weighted by Crippen LogP contribution is 2.22. The number of hydrogen-bond acceptors (Lipinski definition) is 2. The van der Waals surface area contributed by atoms with Gasteiger partial charge in [0.25, 0.3) is 0 Å². The number of nitrogens with one attached hydrogen (secondary N) is 1. The van der Waals surface area contributed by atoms with E-state index in [2.05, 4.69) is 56.0 Å². The Bertz CT molecular complexity index is 307. The maximum Gasteiger partial charge on any atom is 0.139 e. The monoisotopic (exact) mass is 323 g/mol. The molecule has 0 amide bonds. The number of halogens is 2. The normalized spacial score (nSPS) is 11.3. The predicted molar refractivity (Wildman–Crippen MR) is 65.2 cm³/mol. The summed E-state index contributed by atoms with van der Waals surface area (Å²) in [7, 11) is 1.99. The molecule has 0 radical (unpaired) electrons. The molecule has 1 aromatic rings. The molecule has 0 unspecified atom stereocenters. The zero-order valence-corrected chi connectivity index (χ0v) is 11.8. The van der Waals surface area contributed by atoms with Crippen molar-refractivity contribution < 1.29 is 0 Å². The number of aromatic nitrogens is 2. The Hall–Kier alpha value is 0.130. The molecule has 0 bridgehead atoms. The van der Waals surface area contributed by atoms with Crippen molar-refractivity contribution in [1.82, 2.24) is 14.9 Å². The molecule has 1 aromatic heterocycles. The standard InChI is InChI=1S/C9H15Br2N3/c1-6(2)4-12-5-7-13-8(10)9(11)14(7)3/h6,12H,4-5H2,1-3H3. The number of nitrogens with zero attached hydrogens (tertiary/aromatic N) is 2. The van der Waals surface area contributed by atoms with E-state index in [1.54, 1.807) is 0 Å². The second-order valence-corrected chi connectivity index (χ2v) is 5.20. The van der Waals surface area contributed by atoms with Gasteiger partial charge in [0.05, 0.1) is 6.54 Å². The first-order chi connectivity index (χ1) is 6.52. The topological polar surface area (TPSA) is 29.9 Å². The van der Waals surface area contributed by atoms with Crippen LogP contribution < -0.4 is 5.32 Å². The van der Waals surface area contributed by atoms with Gasteiger partial charge in [0, 0.05) is 7.05 Å². The van der Waals surface area contributed by atoms with Gasteiger partial charge in [-0.1, -0.05) is 13.8 Å². The zero-order chi connectivity index (χ0) is 10.7. The van der Waals surface area contributed by atoms with Gasteiger partial charge < -0.3 is 9.88 Å². The van der Waals surface area contributed by atoms with Crippen molar-refractivity contribution in [1.29, 1.82) is 0 Å². The van der Waals surface area contributed by atoms with Crippen LogP contribution in [0.25, 0.3) is 0 Å². The van der Waals surface area contributed by atoms with Crippen molar-refractivity contribution in [3.63, 3.8) is 0 Å². The lowest BCUT2D eigenvalue weighted by molar-refractivity contribution is 0.536. The summed E-state index contributed by atoms with van der Waals surface area (Å²) in [6, 6.07) is 0. The molecule has 3 nitrogen and oxygen atoms in total. The van der Waals surface area contributed by atoms with E-state index in [1.807, 2.05) is 11.6 Å². The van der Waals surface area contributed by atoms with Crippen LogP contribution in [-0.4, -0.2) is 16.1 Å². The van der Waals surface area contributed by atoms with Crippen LogP contribution in [0.5, 0.6) is 0 Å². The first-order valence-electron chi connectivity index (χ1n) is 4.59. The summed E-state index contributed by atoms with van der Waals surface area (Å²) in [5.41, 5.74) is 0. The molecule has 1 N–H and O–H groups in total. The van der Waals surface area contributed by atoms with Gasteiger partial charge in [-0.25, -0.2) is 4.98 Å². The van der Waals surface area contributed by atoms with E-state index in [-0.39, 0.29) is 0 Å². The molecular formula is C9H15Br2N3. The van der Waals surface area contributed by atoms with E-state index in [0.29, 0.717) is 5.92 Å². The summed E-state index contributed by atoms with van der Waals surface area (Å²) in [5, 5.41) is 3.36. The van der Waals surface area contributed by atoms with E-state index in [4.69, 9.17) is 0 Å². The van der Waals surface area contributed by atoms with Crippen molar-refractivity contribution in [2.24, 2.45) is 13.0 Å². The fraction of sp³-hybridized carbons (Fsp3) is 0.667. The molecule has 1 rings (SSSR count). The fourth-order valence-corrected chi connectivity index (χ4v) is 1.88. The summed E-state index contributed by atoms with van der Waals surface area (Å²) in [6.07, 6.45) is 0. The van der Waals surface area contributed by atoms with E-state index < -0.39 is 0 Å². The molecule has 1 heterocycles. The van der Waals surface area contributed by atoms with Gasteiger partial charge >= 0.3 is 0 Å². The molecule has 14 heavy (non-hydrogen) atoms. The largest absolute Gasteiger partial charge is 0.324 e. The quantitative estimate of drug-likeness (QED) is 0.922. The lowest BCUT2D eigenvalue weighted by Crippen LogP contribution is -2.20. The summed E-state index contributed by atoms with van der Waals surface area (Å²) in [6.45, 7) is 6.20. The molecule has 0 aliphatic rings. The Morgan fingerprint density at radius 3 is 2.50 bits per heavy atom. The zero-order valence-electron chi connectivity index (χ0n) is 8.64. The van der Waals surface area contributed by atoms with Gasteiger partial charge in [-0.3, -0.25) is 0 Å². The third-order valence-corrected chi connectivity index (χ3v) is 3.91. The van der Waals surface area contributed by atoms with Crippen molar-refractivity contribution in [2.45, 2.75) is 20.4 Å². The van der Waals surface area contributed by atoms with Gasteiger partial charge in [0.15, 0.2) is 0 Å². The van der Waals surface area contributed by atoms with Gasteiger partial charge in [0.1, 0.15) is 15.0 Å². The summed E-state index contributed by atoms with van der Waals surface area (Å²) < 4.78 is 3.87. The molecule has 0 spiro atoms. The van der Waals surface area contributed by atoms with Crippen LogP contribution in [0.4, 0.5) is 0 Å². The molecule has 0 aliphatic carbocycles. The predicted octanol–water partition coefficient (Wildman–Crippen LogP) is 2.69. The van der Waals surface area contributed by atoms with E-state index in [9.17, 15) is 0 Å². The Morgan fingerprint density at radius 2 is 2.07 bits per heavy atom. The van der Waals surface area contributed by atoms with Crippen LogP contribution in [0, 0.1) is 5.92 Å². The Balaban J connectivity index is 2.55. The van der Waals surface area contributed by atoms with Crippen LogP contribution in [0.3, 0.4) is 0 Å². The molecule has 0 saturated carbocycles. The average Bonchev–Trinajstić information content (AvgIpc) is 2.33. The molecule has 0 saturated heterocycles. The molecule has 0 aromatic carbocycles. The smallest absolute Gasteiger partial charge is 0.139 e. The van der Waals surface area contributed by atoms with Crippen LogP contribution >= 0.6 is 31.9 Å². The highest BCUT2D eigenvalue weighted by Gasteiger charge is 2.09. The van der Waals surface area contributed by atoms with Crippen LogP contribution in [0.1, 0.15) is 19.7 Å². The second kappa shape index (κ2) is 5.28. The summed E-state index contributed by atoms with van der Waals surface area (Å²) in [5.74, 6) is 1.70. The van der Waals surface area contributed by atoms with Crippen LogP contribution in [0.15, 0.2) is 9.21 Å². The lowest BCUT2D eigenvalue weighted by Gasteiger charge is -2.07. The minimum Gasteiger partial charge on any atom is -0.324 e. The highest BCUT2D eigenvalue weighted by molar-refractivity contribution is 9.13. The van der Waals surface area contributed by atoms with E-state index in [1.165, 1.54) is 0 Å². The van der Waals surface area contributed by atoms with Gasteiger partial charge in [-0.15, -0.1) is 0 Å². The SMILES string of the molecule is CC(C)CNCc1nc(Br)c(Br)n1C. The Kier molecular flexibility index (Phi) is 4.60. The van der Waals surface area contributed by atoms with E-state index in [0.717, 1.165) is 28.1 Å². The first kappa shape index (κ1) is 12.2. The van der Waals surface area contributed by atoms with Crippen LogP contribution in [0.2, 0.25) is 0 Å². The molecule has 0 fully saturated rings. The van der Waals surface area contributed by atoms with Crippen molar-refractivity contribution in [3.8, 4) is 0 Å². The highest BCUT2D eigenvalue weighted by atomic mass is 79.9. The molecule has 0 aliphatic heterocycles. The van der Waals surface area contributed by atoms with Gasteiger partial charge in [-0.05, 0) is 44.3 Å². The molecule has 80 valence electrons. The maximum atomic E-state index is 4.38. The van der Waals surface area contributed by atoms with Crippen molar-refractivity contribution >= 4 is 31.9 Å². The lowest BCUT2D eigenvalue weighted by atomic mass is 10.2. The average molecular weight is 325 g/mol. The third-order valence-electron chi connectivity index (χ3n) is 1.91. The third kappa shape index (κ3) is 3.07. The number of imidazole rings is 1. The number of hydrogen-bond donors (Lipinski definition) is 1. The van der Waals surface area contributed by atoms with Gasteiger partial charge in [0.2, 0.25) is 0 Å². The Morgan fingerprint density at radius 1 is 1.43 bits per heavy atom. The number of rotatable bonds is 4. The Labute approximate surface area is 102 Å². The van der Waals surface area contributed by atoms with Gasteiger partial charge in [-0.2, -0.15) is 0 Å². The summed E-state index contributed by atoms with van der Waals surface area (Å²) >= 11 is 6.83. The summed E-state index contributed by atoms with van der Waals surface area (Å²) in [4.78, 5) is 4.38. The molecule has 0 atom stereocenters. The first-order valence-corrected chi connectivity index (χ1v) is 6.18. The van der Waals surface area contributed by atoms with Crippen molar-refractivity contribution in [3.05, 3.63) is 15.0 Å². The fourth-order valence-electron chi connectivity index (χ4n) is 1.12. The molecule has 5 heteroatoms.